The fourth-order valence-corrected chi connectivity index (χ4v) is 2.19. The van der Waals surface area contributed by atoms with Crippen molar-refractivity contribution < 1.29 is 18.3 Å². The Morgan fingerprint density at radius 3 is 2.43 bits per heavy atom. The van der Waals surface area contributed by atoms with Crippen molar-refractivity contribution in [3.63, 3.8) is 0 Å². The number of carbonyl (C=O) groups is 1. The summed E-state index contributed by atoms with van der Waals surface area (Å²) in [7, 11) is 0. The van der Waals surface area contributed by atoms with Gasteiger partial charge in [0.1, 0.15) is 5.60 Å². The van der Waals surface area contributed by atoms with Crippen molar-refractivity contribution in [2.75, 3.05) is 0 Å². The van der Waals surface area contributed by atoms with E-state index in [1.165, 1.54) is 16.8 Å². The largest absolute Gasteiger partial charge is 0.443 e. The Hall–Kier alpha value is -1.69. The summed E-state index contributed by atoms with van der Waals surface area (Å²) in [5.41, 5.74) is 0.138. The van der Waals surface area contributed by atoms with Crippen molar-refractivity contribution in [1.29, 1.82) is 0 Å². The van der Waals surface area contributed by atoms with Crippen LogP contribution in [0.2, 0.25) is 0 Å². The van der Waals surface area contributed by atoms with Crippen LogP contribution >= 0.6 is 15.9 Å². The van der Waals surface area contributed by atoms with Gasteiger partial charge in [-0.25, -0.2) is 13.6 Å². The van der Waals surface area contributed by atoms with Crippen LogP contribution in [0.5, 0.6) is 0 Å². The molecule has 6 heteroatoms. The number of aromatic nitrogens is 1. The number of nitrogens with zero attached hydrogens (tertiary/aromatic N) is 1. The summed E-state index contributed by atoms with van der Waals surface area (Å²) >= 11 is 3.26. The lowest BCUT2D eigenvalue weighted by Gasteiger charge is -2.20. The Morgan fingerprint density at radius 1 is 1.19 bits per heavy atom. The highest BCUT2D eigenvalue weighted by molar-refractivity contribution is 9.10. The van der Waals surface area contributed by atoms with Crippen molar-refractivity contribution in [2.45, 2.75) is 26.4 Å². The molecule has 21 heavy (non-hydrogen) atoms. The molecule has 0 bridgehead atoms. The zero-order valence-electron chi connectivity index (χ0n) is 11.8. The van der Waals surface area contributed by atoms with Gasteiger partial charge < -0.3 is 4.74 Å². The zero-order valence-corrected chi connectivity index (χ0v) is 13.4. The summed E-state index contributed by atoms with van der Waals surface area (Å²) in [6, 6.07) is 5.10. The first-order chi connectivity index (χ1) is 9.67. The molecule has 0 atom stereocenters. The molecule has 1 aromatic carbocycles. The van der Waals surface area contributed by atoms with Gasteiger partial charge in [-0.05, 0) is 61.0 Å². The van der Waals surface area contributed by atoms with E-state index in [1.807, 2.05) is 0 Å². The summed E-state index contributed by atoms with van der Waals surface area (Å²) in [4.78, 5) is 12.2. The number of benzene rings is 1. The number of hydrogen-bond acceptors (Lipinski definition) is 2. The van der Waals surface area contributed by atoms with Crippen LogP contribution < -0.4 is 0 Å². The topological polar surface area (TPSA) is 31.2 Å². The normalized spacial score (nSPS) is 11.5. The molecule has 0 aliphatic heterocycles. The molecule has 0 saturated heterocycles. The number of hydrogen-bond donors (Lipinski definition) is 0. The molecule has 0 aliphatic rings. The van der Waals surface area contributed by atoms with Crippen LogP contribution in [-0.2, 0) is 4.74 Å². The quantitative estimate of drug-likeness (QED) is 0.720. The van der Waals surface area contributed by atoms with Gasteiger partial charge in [0.25, 0.3) is 0 Å². The lowest BCUT2D eigenvalue weighted by molar-refractivity contribution is 0.0540. The molecule has 0 N–H and O–H groups in total. The van der Waals surface area contributed by atoms with Gasteiger partial charge in [0.15, 0.2) is 11.6 Å². The predicted molar refractivity (Wildman–Crippen MR) is 79.1 cm³/mol. The van der Waals surface area contributed by atoms with Crippen molar-refractivity contribution >= 4 is 22.0 Å². The van der Waals surface area contributed by atoms with Gasteiger partial charge in [0, 0.05) is 16.2 Å². The van der Waals surface area contributed by atoms with Crippen molar-refractivity contribution in [1.82, 2.24) is 4.57 Å². The van der Waals surface area contributed by atoms with Gasteiger partial charge in [0.05, 0.1) is 5.69 Å². The third-order valence-electron chi connectivity index (χ3n) is 2.59. The first-order valence-electron chi connectivity index (χ1n) is 6.24. The number of halogens is 3. The van der Waals surface area contributed by atoms with Gasteiger partial charge in [-0.1, -0.05) is 0 Å². The summed E-state index contributed by atoms with van der Waals surface area (Å²) in [5, 5.41) is 0. The second-order valence-corrected chi connectivity index (χ2v) is 6.44. The minimum Gasteiger partial charge on any atom is -0.443 e. The van der Waals surface area contributed by atoms with Crippen LogP contribution in [0, 0.1) is 11.6 Å². The third-order valence-corrected chi connectivity index (χ3v) is 3.03. The molecule has 0 unspecified atom stereocenters. The Morgan fingerprint density at radius 2 is 1.86 bits per heavy atom. The predicted octanol–water partition coefficient (Wildman–Crippen LogP) is 4.98. The molecule has 0 aliphatic carbocycles. The van der Waals surface area contributed by atoms with Gasteiger partial charge in [-0.2, -0.15) is 0 Å². The number of carbonyl (C=O) groups excluding carboxylic acids is 1. The monoisotopic (exact) mass is 357 g/mol. The molecule has 3 nitrogen and oxygen atoms in total. The molecule has 0 radical (unpaired) electrons. The van der Waals surface area contributed by atoms with E-state index < -0.39 is 23.3 Å². The van der Waals surface area contributed by atoms with E-state index in [-0.39, 0.29) is 0 Å². The maximum Gasteiger partial charge on any atom is 0.419 e. The fraction of sp³-hybridized carbons (Fsp3) is 0.267. The summed E-state index contributed by atoms with van der Waals surface area (Å²) < 4.78 is 33.6. The minimum absolute atomic E-state index is 0.380. The van der Waals surface area contributed by atoms with E-state index in [0.717, 1.165) is 12.1 Å². The Balaban J connectivity index is 2.45. The molecule has 1 heterocycles. The molecule has 0 amide bonds. The van der Waals surface area contributed by atoms with Crippen molar-refractivity contribution in [3.8, 4) is 11.3 Å². The molecule has 1 aromatic heterocycles. The maximum atomic E-state index is 13.4. The smallest absolute Gasteiger partial charge is 0.419 e. The van der Waals surface area contributed by atoms with Crippen molar-refractivity contribution in [3.05, 3.63) is 46.6 Å². The second kappa shape index (κ2) is 5.60. The highest BCUT2D eigenvalue weighted by Gasteiger charge is 2.21. The Labute approximate surface area is 129 Å². The highest BCUT2D eigenvalue weighted by Crippen LogP contribution is 2.27. The molecule has 112 valence electrons. The SMILES string of the molecule is CC(C)(C)OC(=O)n1cc(Br)cc1-c1ccc(F)c(F)c1. The van der Waals surface area contributed by atoms with Gasteiger partial charge >= 0.3 is 6.09 Å². The summed E-state index contributed by atoms with van der Waals surface area (Å²) in [5.74, 6) is -1.91. The van der Waals surface area contributed by atoms with Crippen molar-refractivity contribution in [2.24, 2.45) is 0 Å². The third kappa shape index (κ3) is 3.69. The molecule has 0 fully saturated rings. The molecular weight excluding hydrogens is 344 g/mol. The van der Waals surface area contributed by atoms with Gasteiger partial charge in [-0.3, -0.25) is 4.57 Å². The van der Waals surface area contributed by atoms with E-state index in [0.29, 0.717) is 15.7 Å². The Bertz CT molecular complexity index is 689. The fourth-order valence-electron chi connectivity index (χ4n) is 1.77. The Kier molecular flexibility index (Phi) is 4.18. The molecule has 2 rings (SSSR count). The standard InChI is InChI=1S/C15H14BrF2NO2/c1-15(2,3)21-14(20)19-8-10(16)7-13(19)9-4-5-11(17)12(18)6-9/h4-8H,1-3H3. The maximum absolute atomic E-state index is 13.4. The minimum atomic E-state index is -0.972. The van der Waals surface area contributed by atoms with Crippen LogP contribution in [-0.4, -0.2) is 16.3 Å². The molecule has 2 aromatic rings. The second-order valence-electron chi connectivity index (χ2n) is 5.52. The lowest BCUT2D eigenvalue weighted by atomic mass is 10.1. The average Bonchev–Trinajstić information content (AvgIpc) is 2.73. The average molecular weight is 358 g/mol. The molecular formula is C15H14BrF2NO2. The van der Waals surface area contributed by atoms with Crippen LogP contribution in [0.3, 0.4) is 0 Å². The highest BCUT2D eigenvalue weighted by atomic mass is 79.9. The van der Waals surface area contributed by atoms with E-state index in [1.54, 1.807) is 26.8 Å². The van der Waals surface area contributed by atoms with E-state index in [9.17, 15) is 13.6 Å². The first kappa shape index (κ1) is 15.7. The van der Waals surface area contributed by atoms with E-state index in [4.69, 9.17) is 4.74 Å². The van der Waals surface area contributed by atoms with Gasteiger partial charge in [-0.15, -0.1) is 0 Å². The molecule has 0 saturated carbocycles. The number of rotatable bonds is 1. The van der Waals surface area contributed by atoms with Crippen LogP contribution in [0.1, 0.15) is 20.8 Å². The number of ether oxygens (including phenoxy) is 1. The summed E-state index contributed by atoms with van der Waals surface area (Å²) in [6.45, 7) is 5.25. The van der Waals surface area contributed by atoms with Crippen LogP contribution in [0.15, 0.2) is 34.9 Å². The van der Waals surface area contributed by atoms with Crippen LogP contribution in [0.4, 0.5) is 13.6 Å². The lowest BCUT2D eigenvalue weighted by Crippen LogP contribution is -2.27. The van der Waals surface area contributed by atoms with E-state index in [2.05, 4.69) is 15.9 Å². The van der Waals surface area contributed by atoms with E-state index >= 15 is 0 Å². The molecule has 0 spiro atoms. The van der Waals surface area contributed by atoms with Gasteiger partial charge in [0.2, 0.25) is 0 Å². The first-order valence-corrected chi connectivity index (χ1v) is 7.03. The zero-order chi connectivity index (χ0) is 15.8. The van der Waals surface area contributed by atoms with Crippen LogP contribution in [0.25, 0.3) is 11.3 Å². The summed E-state index contributed by atoms with van der Waals surface area (Å²) in [6.07, 6.45) is 0.929.